The van der Waals surface area contributed by atoms with E-state index in [9.17, 15) is 19.0 Å². The first kappa shape index (κ1) is 49.1. The van der Waals surface area contributed by atoms with E-state index in [1.807, 2.05) is 12.2 Å². The van der Waals surface area contributed by atoms with Crippen LogP contribution < -0.4 is 5.73 Å². The lowest BCUT2D eigenvalue weighted by Crippen LogP contribution is -2.34. The summed E-state index contributed by atoms with van der Waals surface area (Å²) in [6.45, 7) is 3.56. The van der Waals surface area contributed by atoms with Crippen molar-refractivity contribution in [3.05, 3.63) is 85.1 Å². The van der Waals surface area contributed by atoms with E-state index in [1.165, 1.54) is 25.7 Å². The van der Waals surface area contributed by atoms with Gasteiger partial charge in [0.2, 0.25) is 0 Å². The van der Waals surface area contributed by atoms with Gasteiger partial charge in [0.1, 0.15) is 12.1 Å². The summed E-state index contributed by atoms with van der Waals surface area (Å²) in [6, 6.07) is -1.49. The SMILES string of the molecule is CC/C=C\C/C=C\C/C=C\C/C=C\C/C=C\C/C=C\CCC(=O)OC(COCCCCCCCC/C=C\CCC)COP(=O)(O)OCC(N)C(=O)O. The molecule has 296 valence electrons. The Bertz CT molecular complexity index is 1140. The zero-order chi connectivity index (χ0) is 38.4. The number of hydrogen-bond donors (Lipinski definition) is 3. The molecule has 0 aliphatic rings. The molecule has 0 amide bonds. The first-order chi connectivity index (χ1) is 25.2. The van der Waals surface area contributed by atoms with Gasteiger partial charge in [0.15, 0.2) is 0 Å². The third kappa shape index (κ3) is 35.5. The zero-order valence-corrected chi connectivity index (χ0v) is 32.8. The van der Waals surface area contributed by atoms with Crippen LogP contribution in [-0.4, -0.2) is 60.5 Å². The topological polar surface area (TPSA) is 155 Å². The summed E-state index contributed by atoms with van der Waals surface area (Å²) in [5.74, 6) is -1.88. The second-order valence-electron chi connectivity index (χ2n) is 12.3. The van der Waals surface area contributed by atoms with Gasteiger partial charge in [0.25, 0.3) is 0 Å². The van der Waals surface area contributed by atoms with Crippen LogP contribution in [-0.2, 0) is 32.7 Å². The van der Waals surface area contributed by atoms with E-state index < -0.39 is 45.1 Å². The van der Waals surface area contributed by atoms with Gasteiger partial charge in [-0.2, -0.15) is 0 Å². The lowest BCUT2D eigenvalue weighted by molar-refractivity contribution is -0.154. The Balaban J connectivity index is 4.46. The first-order valence-electron chi connectivity index (χ1n) is 19.1. The average molecular weight is 750 g/mol. The van der Waals surface area contributed by atoms with E-state index in [1.54, 1.807) is 0 Å². The highest BCUT2D eigenvalue weighted by atomic mass is 31.2. The maximum absolute atomic E-state index is 12.5. The smallest absolute Gasteiger partial charge is 0.472 e. The second kappa shape index (κ2) is 36.5. The minimum atomic E-state index is -4.64. The van der Waals surface area contributed by atoms with Crippen LogP contribution in [0.1, 0.15) is 123 Å². The highest BCUT2D eigenvalue weighted by molar-refractivity contribution is 7.47. The Kier molecular flexibility index (Phi) is 34.5. The van der Waals surface area contributed by atoms with Crippen molar-refractivity contribution in [2.45, 2.75) is 135 Å². The first-order valence-corrected chi connectivity index (χ1v) is 20.6. The molecule has 11 heteroatoms. The van der Waals surface area contributed by atoms with Gasteiger partial charge in [-0.15, -0.1) is 0 Å². The van der Waals surface area contributed by atoms with Crippen LogP contribution in [0.5, 0.6) is 0 Å². The van der Waals surface area contributed by atoms with Crippen LogP contribution in [0, 0.1) is 0 Å². The molecule has 3 unspecified atom stereocenters. The molecule has 0 aromatic heterocycles. The fourth-order valence-corrected chi connectivity index (χ4v) is 5.23. The largest absolute Gasteiger partial charge is 0.480 e. The number of phosphoric acid groups is 1. The van der Waals surface area contributed by atoms with Crippen LogP contribution in [0.3, 0.4) is 0 Å². The lowest BCUT2D eigenvalue weighted by Gasteiger charge is -2.20. The number of esters is 1. The van der Waals surface area contributed by atoms with Gasteiger partial charge >= 0.3 is 19.8 Å². The fourth-order valence-electron chi connectivity index (χ4n) is 4.45. The van der Waals surface area contributed by atoms with Gasteiger partial charge in [-0.3, -0.25) is 18.6 Å². The number of carbonyl (C=O) groups excluding carboxylic acids is 1. The second-order valence-corrected chi connectivity index (χ2v) is 13.8. The van der Waals surface area contributed by atoms with Gasteiger partial charge in [-0.1, -0.05) is 131 Å². The molecule has 4 N–H and O–H groups in total. The zero-order valence-electron chi connectivity index (χ0n) is 31.9. The van der Waals surface area contributed by atoms with Gasteiger partial charge in [0, 0.05) is 13.0 Å². The van der Waals surface area contributed by atoms with Crippen molar-refractivity contribution in [3.8, 4) is 0 Å². The number of aliphatic carboxylic acids is 1. The van der Waals surface area contributed by atoms with Gasteiger partial charge < -0.3 is 25.2 Å². The molecule has 0 radical (unpaired) electrons. The number of unbranched alkanes of at least 4 members (excludes halogenated alkanes) is 7. The van der Waals surface area contributed by atoms with Gasteiger partial charge in [-0.05, 0) is 70.6 Å². The predicted octanol–water partition coefficient (Wildman–Crippen LogP) is 10.0. The van der Waals surface area contributed by atoms with Gasteiger partial charge in [-0.25, -0.2) is 4.57 Å². The molecule has 0 spiro atoms. The summed E-state index contributed by atoms with van der Waals surface area (Å²) >= 11 is 0. The van der Waals surface area contributed by atoms with Crippen LogP contribution in [0.25, 0.3) is 0 Å². The van der Waals surface area contributed by atoms with Crippen molar-refractivity contribution in [2.24, 2.45) is 5.73 Å². The van der Waals surface area contributed by atoms with E-state index >= 15 is 0 Å². The van der Waals surface area contributed by atoms with E-state index in [0.29, 0.717) is 13.0 Å². The maximum Gasteiger partial charge on any atom is 0.472 e. The van der Waals surface area contributed by atoms with Crippen LogP contribution in [0.4, 0.5) is 0 Å². The molecule has 0 rings (SSSR count). The van der Waals surface area contributed by atoms with Crippen molar-refractivity contribution >= 4 is 19.8 Å². The molecular formula is C41H68NO9P. The van der Waals surface area contributed by atoms with Crippen LogP contribution in [0.2, 0.25) is 0 Å². The van der Waals surface area contributed by atoms with E-state index in [0.717, 1.165) is 70.6 Å². The molecule has 3 atom stereocenters. The van der Waals surface area contributed by atoms with Crippen molar-refractivity contribution in [2.75, 3.05) is 26.4 Å². The molecule has 0 aromatic carbocycles. The van der Waals surface area contributed by atoms with E-state index in [-0.39, 0.29) is 13.0 Å². The minimum absolute atomic E-state index is 0.0234. The molecule has 0 aliphatic carbocycles. The summed E-state index contributed by atoms with van der Waals surface area (Å²) in [7, 11) is -4.64. The number of carbonyl (C=O) groups is 2. The summed E-state index contributed by atoms with van der Waals surface area (Å²) < 4.78 is 33.1. The molecular weight excluding hydrogens is 681 g/mol. The number of hydrogen-bond acceptors (Lipinski definition) is 8. The molecule has 0 aromatic rings. The third-order valence-electron chi connectivity index (χ3n) is 7.40. The molecule has 52 heavy (non-hydrogen) atoms. The van der Waals surface area contributed by atoms with Gasteiger partial charge in [0.05, 0.1) is 19.8 Å². The van der Waals surface area contributed by atoms with Crippen LogP contribution >= 0.6 is 7.82 Å². The Morgan fingerprint density at radius 1 is 0.635 bits per heavy atom. The minimum Gasteiger partial charge on any atom is -0.480 e. The highest BCUT2D eigenvalue weighted by Gasteiger charge is 2.27. The fraction of sp³-hybridized carbons (Fsp3) is 0.610. The predicted molar refractivity (Wildman–Crippen MR) is 212 cm³/mol. The highest BCUT2D eigenvalue weighted by Crippen LogP contribution is 2.43. The number of rotatable bonds is 35. The molecule has 0 bridgehead atoms. The van der Waals surface area contributed by atoms with Crippen molar-refractivity contribution < 1.29 is 42.7 Å². The Labute approximate surface area is 314 Å². The lowest BCUT2D eigenvalue weighted by atomic mass is 10.1. The number of ether oxygens (including phenoxy) is 2. The van der Waals surface area contributed by atoms with E-state index in [2.05, 4.69) is 91.3 Å². The van der Waals surface area contributed by atoms with Crippen molar-refractivity contribution in [1.82, 2.24) is 0 Å². The summed E-state index contributed by atoms with van der Waals surface area (Å²) in [5.41, 5.74) is 5.33. The monoisotopic (exact) mass is 749 g/mol. The quantitative estimate of drug-likeness (QED) is 0.0247. The van der Waals surface area contributed by atoms with Crippen LogP contribution in [0.15, 0.2) is 85.1 Å². The Morgan fingerprint density at radius 2 is 1.12 bits per heavy atom. The normalized spacial score (nSPS) is 15.0. The summed E-state index contributed by atoms with van der Waals surface area (Å²) in [6.07, 6.45) is 45.1. The molecule has 0 heterocycles. The van der Waals surface area contributed by atoms with E-state index in [4.69, 9.17) is 24.8 Å². The Hall–Kier alpha value is -2.85. The summed E-state index contributed by atoms with van der Waals surface area (Å²) in [5, 5.41) is 8.86. The average Bonchev–Trinajstić information content (AvgIpc) is 3.12. The number of carboxylic acid groups (broad SMARTS) is 1. The number of carboxylic acids is 1. The standard InChI is InChI=1S/C41H68NO9P/c1-3-5-7-9-11-13-15-16-17-18-19-20-21-22-23-25-27-29-31-33-40(43)51-38(36-49-52(46,47)50-37-39(42)41(44)45)35-48-34-32-30-28-26-24-14-12-10-8-6-4-2/h5,7-8,10-11,13,16-17,19-20,22-23,27,29,38-39H,3-4,6,9,12,14-15,18,21,24-26,28,30-37,42H2,1-2H3,(H,44,45)(H,46,47)/b7-5-,10-8-,13-11-,17-16-,20-19-,23-22-,29-27-. The van der Waals surface area contributed by atoms with Crippen molar-refractivity contribution in [3.63, 3.8) is 0 Å². The number of nitrogens with two attached hydrogens (primary N) is 1. The number of phosphoric ester groups is 1. The molecule has 0 aliphatic heterocycles. The maximum atomic E-state index is 12.5. The Morgan fingerprint density at radius 3 is 1.67 bits per heavy atom. The molecule has 0 fully saturated rings. The molecule has 10 nitrogen and oxygen atoms in total. The van der Waals surface area contributed by atoms with Crippen molar-refractivity contribution in [1.29, 1.82) is 0 Å². The number of allylic oxidation sites excluding steroid dienone is 14. The molecule has 0 saturated heterocycles. The third-order valence-corrected chi connectivity index (χ3v) is 8.35. The molecule has 0 saturated carbocycles. The summed E-state index contributed by atoms with van der Waals surface area (Å²) in [4.78, 5) is 33.4.